The number of thiophene rings is 1. The molecule has 102 valence electrons. The normalized spacial score (nSPS) is 10.9. The molecule has 0 fully saturated rings. The fourth-order valence-corrected chi connectivity index (χ4v) is 3.16. The van der Waals surface area contributed by atoms with Crippen LogP contribution in [0.4, 0.5) is 0 Å². The molecule has 4 nitrogen and oxygen atoms in total. The highest BCUT2D eigenvalue weighted by Gasteiger charge is 2.19. The number of aryl methyl sites for hydroxylation is 1. The summed E-state index contributed by atoms with van der Waals surface area (Å²) >= 11 is 7.78. The molecule has 0 saturated carbocycles. The molecule has 0 aliphatic rings. The van der Waals surface area contributed by atoms with Gasteiger partial charge in [0.25, 0.3) is 0 Å². The van der Waals surface area contributed by atoms with E-state index in [1.807, 2.05) is 25.1 Å². The van der Waals surface area contributed by atoms with Crippen LogP contribution in [0.2, 0.25) is 5.15 Å². The number of imidazole rings is 1. The van der Waals surface area contributed by atoms with Gasteiger partial charge in [0, 0.05) is 4.88 Å². The minimum Gasteiger partial charge on any atom is -0.464 e. The van der Waals surface area contributed by atoms with Gasteiger partial charge >= 0.3 is 5.97 Å². The first-order valence-electron chi connectivity index (χ1n) is 5.94. The van der Waals surface area contributed by atoms with Crippen molar-refractivity contribution in [3.63, 3.8) is 0 Å². The maximum atomic E-state index is 11.9. The molecule has 0 aliphatic heterocycles. The molecule has 0 saturated heterocycles. The van der Waals surface area contributed by atoms with Crippen molar-refractivity contribution in [2.75, 3.05) is 7.11 Å². The van der Waals surface area contributed by atoms with Gasteiger partial charge in [-0.1, -0.05) is 17.7 Å². The predicted octanol–water partition coefficient (Wildman–Crippen LogP) is 3.81. The Hall–Kier alpha value is -1.85. The molecule has 3 heterocycles. The van der Waals surface area contributed by atoms with Gasteiger partial charge in [-0.05, 0) is 31.2 Å². The van der Waals surface area contributed by atoms with Crippen molar-refractivity contribution < 1.29 is 9.53 Å². The molecule has 0 atom stereocenters. The van der Waals surface area contributed by atoms with Gasteiger partial charge in [-0.3, -0.25) is 4.40 Å². The van der Waals surface area contributed by atoms with E-state index in [1.54, 1.807) is 27.9 Å². The number of methoxy groups -OCH3 is 1. The van der Waals surface area contributed by atoms with Crippen LogP contribution >= 0.6 is 22.9 Å². The average molecular weight is 307 g/mol. The lowest BCUT2D eigenvalue weighted by Gasteiger charge is -2.05. The van der Waals surface area contributed by atoms with Crippen LogP contribution in [0.3, 0.4) is 0 Å². The molecule has 3 aromatic rings. The zero-order chi connectivity index (χ0) is 14.3. The Morgan fingerprint density at radius 3 is 2.80 bits per heavy atom. The van der Waals surface area contributed by atoms with E-state index in [4.69, 9.17) is 16.3 Å². The van der Waals surface area contributed by atoms with Gasteiger partial charge in [0.15, 0.2) is 11.0 Å². The minimum atomic E-state index is -0.417. The van der Waals surface area contributed by atoms with E-state index in [9.17, 15) is 4.79 Å². The Morgan fingerprint density at radius 2 is 2.15 bits per heavy atom. The fourth-order valence-electron chi connectivity index (χ4n) is 2.08. The summed E-state index contributed by atoms with van der Waals surface area (Å²) in [6, 6.07) is 9.26. The summed E-state index contributed by atoms with van der Waals surface area (Å²) in [7, 11) is 1.36. The van der Waals surface area contributed by atoms with E-state index in [2.05, 4.69) is 4.98 Å². The average Bonchev–Trinajstić information content (AvgIpc) is 3.02. The van der Waals surface area contributed by atoms with Crippen molar-refractivity contribution in [1.82, 2.24) is 9.38 Å². The first-order valence-corrected chi connectivity index (χ1v) is 7.13. The van der Waals surface area contributed by atoms with E-state index in [0.717, 1.165) is 4.88 Å². The van der Waals surface area contributed by atoms with Crippen LogP contribution in [0.15, 0.2) is 30.3 Å². The fraction of sp³-hybridized carbons (Fsp3) is 0.143. The highest BCUT2D eigenvalue weighted by Crippen LogP contribution is 2.31. The first kappa shape index (κ1) is 13.1. The van der Waals surface area contributed by atoms with Crippen LogP contribution in [-0.2, 0) is 4.74 Å². The van der Waals surface area contributed by atoms with Crippen molar-refractivity contribution in [3.05, 3.63) is 46.1 Å². The highest BCUT2D eigenvalue weighted by atomic mass is 35.5. The third-order valence-electron chi connectivity index (χ3n) is 2.97. The van der Waals surface area contributed by atoms with Gasteiger partial charge in [-0.25, -0.2) is 9.78 Å². The summed E-state index contributed by atoms with van der Waals surface area (Å²) < 4.78 is 6.56. The van der Waals surface area contributed by atoms with Gasteiger partial charge in [-0.2, -0.15) is 0 Å². The molecule has 0 aromatic carbocycles. The Bertz CT molecular complexity index is 807. The van der Waals surface area contributed by atoms with Crippen molar-refractivity contribution in [3.8, 4) is 10.7 Å². The van der Waals surface area contributed by atoms with Crippen molar-refractivity contribution >= 4 is 34.4 Å². The second kappa shape index (κ2) is 4.92. The second-order valence-electron chi connectivity index (χ2n) is 4.26. The van der Waals surface area contributed by atoms with E-state index in [0.29, 0.717) is 22.2 Å². The zero-order valence-corrected chi connectivity index (χ0v) is 12.5. The number of pyridine rings is 1. The van der Waals surface area contributed by atoms with Crippen LogP contribution in [0, 0.1) is 6.92 Å². The maximum Gasteiger partial charge on any atom is 0.355 e. The first-order chi connectivity index (χ1) is 9.61. The van der Waals surface area contributed by atoms with Crippen LogP contribution < -0.4 is 0 Å². The second-order valence-corrected chi connectivity index (χ2v) is 5.91. The monoisotopic (exact) mass is 306 g/mol. The van der Waals surface area contributed by atoms with E-state index in [1.165, 1.54) is 12.0 Å². The molecular formula is C14H11ClN2O2S. The van der Waals surface area contributed by atoms with Gasteiger partial charge in [0.1, 0.15) is 5.69 Å². The van der Waals surface area contributed by atoms with Crippen LogP contribution in [0.1, 0.15) is 15.4 Å². The summed E-state index contributed by atoms with van der Waals surface area (Å²) in [6.07, 6.45) is 0. The number of esters is 1. The van der Waals surface area contributed by atoms with Gasteiger partial charge in [-0.15, -0.1) is 11.3 Å². The SMILES string of the molecule is COC(=O)c1cccc2c(Cl)nc(-c3ccc(C)s3)n12. The maximum absolute atomic E-state index is 11.9. The van der Waals surface area contributed by atoms with Gasteiger partial charge < -0.3 is 4.74 Å². The number of aromatic nitrogens is 2. The number of carbonyl (C=O) groups is 1. The van der Waals surface area contributed by atoms with Crippen LogP contribution in [-0.4, -0.2) is 22.5 Å². The molecule has 0 amide bonds. The molecule has 0 unspecified atom stereocenters. The predicted molar refractivity (Wildman–Crippen MR) is 79.6 cm³/mol. The molecule has 3 aromatic heterocycles. The lowest BCUT2D eigenvalue weighted by molar-refractivity contribution is 0.0592. The molecule has 6 heteroatoms. The molecule has 3 rings (SSSR count). The minimum absolute atomic E-state index is 0.372. The van der Waals surface area contributed by atoms with E-state index >= 15 is 0 Å². The smallest absolute Gasteiger partial charge is 0.355 e. The standard InChI is InChI=1S/C14H11ClN2O2S/c1-8-6-7-11(20-8)13-16-12(15)9-4-3-5-10(17(9)13)14(18)19-2/h3-7H,1-2H3. The van der Waals surface area contributed by atoms with Crippen molar-refractivity contribution in [2.24, 2.45) is 0 Å². The summed E-state index contributed by atoms with van der Waals surface area (Å²) in [5.74, 6) is 0.239. The Kier molecular flexibility index (Phi) is 3.23. The Labute approximate surface area is 124 Å². The molecule has 0 spiro atoms. The Balaban J connectivity index is 2.35. The zero-order valence-electron chi connectivity index (χ0n) is 10.9. The molecule has 0 N–H and O–H groups in total. The topological polar surface area (TPSA) is 43.6 Å². The highest BCUT2D eigenvalue weighted by molar-refractivity contribution is 7.15. The van der Waals surface area contributed by atoms with Crippen molar-refractivity contribution in [1.29, 1.82) is 0 Å². The van der Waals surface area contributed by atoms with Gasteiger partial charge in [0.2, 0.25) is 0 Å². The molecule has 0 radical (unpaired) electrons. The van der Waals surface area contributed by atoms with Crippen molar-refractivity contribution in [2.45, 2.75) is 6.92 Å². The number of halogens is 1. The van der Waals surface area contributed by atoms with Crippen LogP contribution in [0.5, 0.6) is 0 Å². The molecule has 20 heavy (non-hydrogen) atoms. The van der Waals surface area contributed by atoms with Crippen LogP contribution in [0.25, 0.3) is 16.2 Å². The molecule has 0 bridgehead atoms. The Morgan fingerprint density at radius 1 is 1.35 bits per heavy atom. The summed E-state index contributed by atoms with van der Waals surface area (Å²) in [5.41, 5.74) is 1.10. The molecular weight excluding hydrogens is 296 g/mol. The number of ether oxygens (including phenoxy) is 1. The number of hydrogen-bond acceptors (Lipinski definition) is 4. The number of hydrogen-bond donors (Lipinski definition) is 0. The number of rotatable bonds is 2. The van der Waals surface area contributed by atoms with Gasteiger partial charge in [0.05, 0.1) is 17.5 Å². The third-order valence-corrected chi connectivity index (χ3v) is 4.25. The van der Waals surface area contributed by atoms with E-state index < -0.39 is 5.97 Å². The summed E-state index contributed by atoms with van der Waals surface area (Å²) in [4.78, 5) is 18.4. The number of nitrogens with zero attached hydrogens (tertiary/aromatic N) is 2. The third kappa shape index (κ3) is 1.99. The summed E-state index contributed by atoms with van der Waals surface area (Å²) in [6.45, 7) is 2.02. The lowest BCUT2D eigenvalue weighted by Crippen LogP contribution is -2.08. The number of fused-ring (bicyclic) bond motifs is 1. The quantitative estimate of drug-likeness (QED) is 0.676. The largest absolute Gasteiger partial charge is 0.464 e. The number of carbonyl (C=O) groups excluding carboxylic acids is 1. The lowest BCUT2D eigenvalue weighted by atomic mass is 10.3. The van der Waals surface area contributed by atoms with E-state index in [-0.39, 0.29) is 0 Å². The molecule has 0 aliphatic carbocycles. The summed E-state index contributed by atoms with van der Waals surface area (Å²) in [5, 5.41) is 0.372.